The van der Waals surface area contributed by atoms with Crippen LogP contribution in [0.5, 0.6) is 5.75 Å². The maximum Gasteiger partial charge on any atom is 0.124 e. The van der Waals surface area contributed by atoms with Crippen LogP contribution < -0.4 is 4.74 Å². The molecule has 0 saturated carbocycles. The first-order valence-corrected chi connectivity index (χ1v) is 5.08. The van der Waals surface area contributed by atoms with Crippen LogP contribution >= 0.6 is 0 Å². The molecule has 0 bridgehead atoms. The Bertz CT molecular complexity index is 314. The molecule has 0 aliphatic carbocycles. The van der Waals surface area contributed by atoms with Gasteiger partial charge in [0.15, 0.2) is 0 Å². The summed E-state index contributed by atoms with van der Waals surface area (Å²) >= 11 is 0. The highest BCUT2D eigenvalue weighted by Crippen LogP contribution is 2.23. The fourth-order valence-corrected chi connectivity index (χ4v) is 1.64. The van der Waals surface area contributed by atoms with Crippen LogP contribution in [0.1, 0.15) is 17.5 Å². The highest BCUT2D eigenvalue weighted by molar-refractivity contribution is 5.38. The van der Waals surface area contributed by atoms with Crippen molar-refractivity contribution in [1.82, 2.24) is 0 Å². The predicted octanol–water partition coefficient (Wildman–Crippen LogP) is 2.47. The van der Waals surface area contributed by atoms with Gasteiger partial charge >= 0.3 is 0 Å². The SMILES string of the molecule is Cc1cccc(OC2CCOC2)c1C. The van der Waals surface area contributed by atoms with Crippen LogP contribution in [-0.2, 0) is 4.74 Å². The van der Waals surface area contributed by atoms with Gasteiger partial charge in [0.1, 0.15) is 11.9 Å². The Labute approximate surface area is 84.8 Å². The minimum absolute atomic E-state index is 0.246. The lowest BCUT2D eigenvalue weighted by Gasteiger charge is -2.14. The Hall–Kier alpha value is -1.02. The molecule has 0 radical (unpaired) electrons. The largest absolute Gasteiger partial charge is 0.488 e. The molecule has 0 spiro atoms. The van der Waals surface area contributed by atoms with Crippen LogP contribution in [-0.4, -0.2) is 19.3 Å². The highest BCUT2D eigenvalue weighted by atomic mass is 16.5. The fourth-order valence-electron chi connectivity index (χ4n) is 1.64. The Balaban J connectivity index is 2.11. The van der Waals surface area contributed by atoms with Gasteiger partial charge in [-0.3, -0.25) is 0 Å². The van der Waals surface area contributed by atoms with Crippen LogP contribution in [0.3, 0.4) is 0 Å². The third-order valence-electron chi connectivity index (χ3n) is 2.74. The lowest BCUT2D eigenvalue weighted by Crippen LogP contribution is -2.16. The van der Waals surface area contributed by atoms with Gasteiger partial charge in [0.2, 0.25) is 0 Å². The van der Waals surface area contributed by atoms with E-state index in [1.807, 2.05) is 12.1 Å². The van der Waals surface area contributed by atoms with E-state index in [2.05, 4.69) is 19.9 Å². The standard InChI is InChI=1S/C12H16O2/c1-9-4-3-5-12(10(9)2)14-11-6-7-13-8-11/h3-5,11H,6-8H2,1-2H3. The Morgan fingerprint density at radius 2 is 2.21 bits per heavy atom. The fraction of sp³-hybridized carbons (Fsp3) is 0.500. The molecule has 1 aromatic rings. The van der Waals surface area contributed by atoms with E-state index in [9.17, 15) is 0 Å². The molecule has 0 N–H and O–H groups in total. The molecule has 2 nitrogen and oxygen atoms in total. The number of hydrogen-bond donors (Lipinski definition) is 0. The van der Waals surface area contributed by atoms with Crippen molar-refractivity contribution in [2.24, 2.45) is 0 Å². The summed E-state index contributed by atoms with van der Waals surface area (Å²) in [5.74, 6) is 1.00. The zero-order valence-corrected chi connectivity index (χ0v) is 8.75. The van der Waals surface area contributed by atoms with E-state index in [0.29, 0.717) is 0 Å². The van der Waals surface area contributed by atoms with Crippen molar-refractivity contribution in [2.45, 2.75) is 26.4 Å². The summed E-state index contributed by atoms with van der Waals surface area (Å²) in [5, 5.41) is 0. The minimum Gasteiger partial charge on any atom is -0.488 e. The summed E-state index contributed by atoms with van der Waals surface area (Å²) in [6.45, 7) is 5.76. The van der Waals surface area contributed by atoms with Crippen molar-refractivity contribution in [3.05, 3.63) is 29.3 Å². The van der Waals surface area contributed by atoms with Crippen molar-refractivity contribution >= 4 is 0 Å². The van der Waals surface area contributed by atoms with E-state index in [0.717, 1.165) is 25.4 Å². The second-order valence-corrected chi connectivity index (χ2v) is 3.80. The van der Waals surface area contributed by atoms with E-state index in [1.54, 1.807) is 0 Å². The van der Waals surface area contributed by atoms with Crippen molar-refractivity contribution in [2.75, 3.05) is 13.2 Å². The van der Waals surface area contributed by atoms with Crippen LogP contribution in [0.25, 0.3) is 0 Å². The van der Waals surface area contributed by atoms with Crippen molar-refractivity contribution in [3.63, 3.8) is 0 Å². The summed E-state index contributed by atoms with van der Waals surface area (Å²) in [7, 11) is 0. The molecule has 1 atom stereocenters. The second kappa shape index (κ2) is 4.01. The second-order valence-electron chi connectivity index (χ2n) is 3.80. The molecule has 14 heavy (non-hydrogen) atoms. The average molecular weight is 192 g/mol. The molecule has 1 aromatic carbocycles. The molecule has 1 aliphatic rings. The Morgan fingerprint density at radius 1 is 1.36 bits per heavy atom. The summed E-state index contributed by atoms with van der Waals surface area (Å²) < 4.78 is 11.1. The van der Waals surface area contributed by atoms with Gasteiger partial charge in [0, 0.05) is 6.42 Å². The molecule has 0 amide bonds. The molecule has 2 heteroatoms. The van der Waals surface area contributed by atoms with Gasteiger partial charge in [-0.05, 0) is 31.0 Å². The molecule has 1 unspecified atom stereocenters. The number of aryl methyl sites for hydroxylation is 1. The molecule has 1 aliphatic heterocycles. The zero-order chi connectivity index (χ0) is 9.97. The van der Waals surface area contributed by atoms with E-state index >= 15 is 0 Å². The molecule has 0 aromatic heterocycles. The average Bonchev–Trinajstić information content (AvgIpc) is 2.66. The van der Waals surface area contributed by atoms with Crippen LogP contribution in [0.15, 0.2) is 18.2 Å². The first kappa shape index (κ1) is 9.53. The predicted molar refractivity (Wildman–Crippen MR) is 55.8 cm³/mol. The third kappa shape index (κ3) is 1.90. The van der Waals surface area contributed by atoms with Gasteiger partial charge in [-0.1, -0.05) is 12.1 Å². The van der Waals surface area contributed by atoms with Gasteiger partial charge in [-0.25, -0.2) is 0 Å². The lowest BCUT2D eigenvalue weighted by atomic mass is 10.1. The summed E-state index contributed by atoms with van der Waals surface area (Å²) in [4.78, 5) is 0. The highest BCUT2D eigenvalue weighted by Gasteiger charge is 2.17. The Kier molecular flexibility index (Phi) is 2.73. The van der Waals surface area contributed by atoms with Crippen LogP contribution in [0.4, 0.5) is 0 Å². The van der Waals surface area contributed by atoms with Crippen LogP contribution in [0.2, 0.25) is 0 Å². The smallest absolute Gasteiger partial charge is 0.124 e. The lowest BCUT2D eigenvalue weighted by molar-refractivity contribution is 0.141. The molecule has 2 rings (SSSR count). The zero-order valence-electron chi connectivity index (χ0n) is 8.75. The normalized spacial score (nSPS) is 21.1. The van der Waals surface area contributed by atoms with E-state index in [1.165, 1.54) is 11.1 Å². The van der Waals surface area contributed by atoms with E-state index < -0.39 is 0 Å². The third-order valence-corrected chi connectivity index (χ3v) is 2.74. The van der Waals surface area contributed by atoms with Gasteiger partial charge in [-0.15, -0.1) is 0 Å². The number of benzene rings is 1. The number of ether oxygens (including phenoxy) is 2. The summed E-state index contributed by atoms with van der Waals surface area (Å²) in [6, 6.07) is 6.17. The van der Waals surface area contributed by atoms with Crippen LogP contribution in [0, 0.1) is 13.8 Å². The molecule has 1 fully saturated rings. The van der Waals surface area contributed by atoms with Crippen molar-refractivity contribution < 1.29 is 9.47 Å². The maximum absolute atomic E-state index is 5.86. The van der Waals surface area contributed by atoms with Gasteiger partial charge in [-0.2, -0.15) is 0 Å². The number of rotatable bonds is 2. The molecular weight excluding hydrogens is 176 g/mol. The van der Waals surface area contributed by atoms with Gasteiger partial charge < -0.3 is 9.47 Å². The molecule has 1 saturated heterocycles. The topological polar surface area (TPSA) is 18.5 Å². The monoisotopic (exact) mass is 192 g/mol. The number of hydrogen-bond acceptors (Lipinski definition) is 2. The van der Waals surface area contributed by atoms with E-state index in [4.69, 9.17) is 9.47 Å². The minimum atomic E-state index is 0.246. The first-order valence-electron chi connectivity index (χ1n) is 5.08. The Morgan fingerprint density at radius 3 is 2.93 bits per heavy atom. The quantitative estimate of drug-likeness (QED) is 0.716. The molecule has 76 valence electrons. The summed E-state index contributed by atoms with van der Waals surface area (Å²) in [6.07, 6.45) is 1.25. The van der Waals surface area contributed by atoms with Crippen molar-refractivity contribution in [3.8, 4) is 5.75 Å². The van der Waals surface area contributed by atoms with Crippen molar-refractivity contribution in [1.29, 1.82) is 0 Å². The van der Waals surface area contributed by atoms with E-state index in [-0.39, 0.29) is 6.10 Å². The van der Waals surface area contributed by atoms with Gasteiger partial charge in [0.25, 0.3) is 0 Å². The first-order chi connectivity index (χ1) is 6.77. The maximum atomic E-state index is 5.86. The molecule has 1 heterocycles. The van der Waals surface area contributed by atoms with Gasteiger partial charge in [0.05, 0.1) is 13.2 Å². The molecular formula is C12H16O2. The summed E-state index contributed by atoms with van der Waals surface area (Å²) in [5.41, 5.74) is 2.51.